The lowest BCUT2D eigenvalue weighted by Crippen LogP contribution is -2.51. The number of thioether (sulfide) groups is 1. The van der Waals surface area contributed by atoms with Crippen molar-refractivity contribution in [2.75, 3.05) is 49.2 Å². The summed E-state index contributed by atoms with van der Waals surface area (Å²) in [5.74, 6) is 0.801. The van der Waals surface area contributed by atoms with Gasteiger partial charge in [0.15, 0.2) is 0 Å². The quantitative estimate of drug-likeness (QED) is 0.742. The van der Waals surface area contributed by atoms with Crippen molar-refractivity contribution in [3.05, 3.63) is 59.7 Å². The van der Waals surface area contributed by atoms with Gasteiger partial charge in [0.1, 0.15) is 0 Å². The van der Waals surface area contributed by atoms with Crippen molar-refractivity contribution in [1.82, 2.24) is 4.90 Å². The first-order valence-electron chi connectivity index (χ1n) is 10.7. The Morgan fingerprint density at radius 2 is 1.87 bits per heavy atom. The van der Waals surface area contributed by atoms with E-state index in [1.54, 1.807) is 12.1 Å². The molecule has 0 bridgehead atoms. The summed E-state index contributed by atoms with van der Waals surface area (Å²) in [4.78, 5) is 27.6. The van der Waals surface area contributed by atoms with Gasteiger partial charge in [0, 0.05) is 53.7 Å². The van der Waals surface area contributed by atoms with E-state index in [-0.39, 0.29) is 16.6 Å². The molecule has 2 N–H and O–H groups in total. The first kappa shape index (κ1) is 21.9. The van der Waals surface area contributed by atoms with Gasteiger partial charge in [0.25, 0.3) is 5.91 Å². The molecule has 2 fully saturated rings. The molecule has 2 amide bonds. The molecule has 2 aromatic carbocycles. The van der Waals surface area contributed by atoms with Gasteiger partial charge < -0.3 is 15.4 Å². The van der Waals surface area contributed by atoms with Crippen molar-refractivity contribution in [1.29, 1.82) is 0 Å². The highest BCUT2D eigenvalue weighted by Crippen LogP contribution is 2.39. The van der Waals surface area contributed by atoms with Crippen LogP contribution in [0.2, 0.25) is 0 Å². The minimum absolute atomic E-state index is 0.0437. The monoisotopic (exact) mass is 439 g/mol. The van der Waals surface area contributed by atoms with Crippen LogP contribution in [0, 0.1) is 6.92 Å². The van der Waals surface area contributed by atoms with E-state index in [9.17, 15) is 9.59 Å². The normalized spacial score (nSPS) is 18.5. The van der Waals surface area contributed by atoms with Crippen LogP contribution in [0.3, 0.4) is 0 Å². The molecule has 0 saturated carbocycles. The summed E-state index contributed by atoms with van der Waals surface area (Å²) < 4.78 is 5.75. The molecule has 1 spiro atoms. The van der Waals surface area contributed by atoms with E-state index in [0.717, 1.165) is 56.1 Å². The predicted octanol–water partition coefficient (Wildman–Crippen LogP) is 3.78. The van der Waals surface area contributed by atoms with Crippen LogP contribution < -0.4 is 10.6 Å². The van der Waals surface area contributed by atoms with E-state index in [0.29, 0.717) is 17.8 Å². The minimum Gasteiger partial charge on any atom is -0.381 e. The second kappa shape index (κ2) is 9.85. The van der Waals surface area contributed by atoms with Gasteiger partial charge in [0.2, 0.25) is 5.91 Å². The van der Waals surface area contributed by atoms with Gasteiger partial charge in [-0.25, -0.2) is 0 Å². The van der Waals surface area contributed by atoms with Crippen molar-refractivity contribution in [2.24, 2.45) is 0 Å². The van der Waals surface area contributed by atoms with Gasteiger partial charge in [-0.3, -0.25) is 14.5 Å². The zero-order chi connectivity index (χ0) is 21.7. The fourth-order valence-electron chi connectivity index (χ4n) is 4.12. The highest BCUT2D eigenvalue weighted by atomic mass is 32.2. The Morgan fingerprint density at radius 1 is 1.10 bits per heavy atom. The van der Waals surface area contributed by atoms with Gasteiger partial charge in [-0.05, 0) is 49.6 Å². The van der Waals surface area contributed by atoms with Gasteiger partial charge >= 0.3 is 0 Å². The molecular formula is C24H29N3O3S. The van der Waals surface area contributed by atoms with Crippen LogP contribution in [0.15, 0.2) is 48.5 Å². The van der Waals surface area contributed by atoms with Gasteiger partial charge in [-0.2, -0.15) is 11.8 Å². The maximum atomic E-state index is 12.8. The molecular weight excluding hydrogens is 410 g/mol. The molecule has 31 heavy (non-hydrogen) atoms. The Labute approximate surface area is 187 Å². The smallest absolute Gasteiger partial charge is 0.255 e. The standard InChI is InChI=1S/C24H29N3O3S/c1-18-7-8-19(23(29)25-20-5-3-2-4-6-20)15-21(18)26-22(28)16-27-11-14-31-24(17-27)9-12-30-13-10-24/h2-8,15H,9-14,16-17H2,1H3,(H,25,29)(H,26,28). The van der Waals surface area contributed by atoms with Crippen LogP contribution in [0.1, 0.15) is 28.8 Å². The number of nitrogens with one attached hydrogen (secondary N) is 2. The number of hydrogen-bond donors (Lipinski definition) is 2. The fraction of sp³-hybridized carbons (Fsp3) is 0.417. The molecule has 0 aromatic heterocycles. The largest absolute Gasteiger partial charge is 0.381 e. The third kappa shape index (κ3) is 5.67. The number of para-hydroxylation sites is 1. The van der Waals surface area contributed by atoms with E-state index in [1.807, 2.05) is 55.1 Å². The van der Waals surface area contributed by atoms with Crippen molar-refractivity contribution in [3.63, 3.8) is 0 Å². The van der Waals surface area contributed by atoms with Crippen LogP contribution in [-0.2, 0) is 9.53 Å². The Morgan fingerprint density at radius 3 is 2.65 bits per heavy atom. The molecule has 0 aliphatic carbocycles. The number of ether oxygens (including phenoxy) is 1. The number of aryl methyl sites for hydroxylation is 1. The SMILES string of the molecule is Cc1ccc(C(=O)Nc2ccccc2)cc1NC(=O)CN1CCSC2(CCOCC2)C1. The summed E-state index contributed by atoms with van der Waals surface area (Å²) in [6.45, 7) is 5.76. The van der Waals surface area contributed by atoms with Crippen molar-refractivity contribution in [2.45, 2.75) is 24.5 Å². The van der Waals surface area contributed by atoms with E-state index in [1.165, 1.54) is 0 Å². The average molecular weight is 440 g/mol. The van der Waals surface area contributed by atoms with Crippen molar-refractivity contribution >= 4 is 35.0 Å². The Hall–Kier alpha value is -2.35. The first-order valence-corrected chi connectivity index (χ1v) is 11.7. The topological polar surface area (TPSA) is 70.7 Å². The maximum absolute atomic E-state index is 12.8. The van der Waals surface area contributed by atoms with Crippen molar-refractivity contribution < 1.29 is 14.3 Å². The summed E-state index contributed by atoms with van der Waals surface area (Å²) in [6, 6.07) is 14.7. The molecule has 2 saturated heterocycles. The minimum atomic E-state index is -0.198. The van der Waals surface area contributed by atoms with Crippen LogP contribution in [0.5, 0.6) is 0 Å². The molecule has 2 aliphatic rings. The van der Waals surface area contributed by atoms with Crippen LogP contribution in [0.25, 0.3) is 0 Å². The number of hydrogen-bond acceptors (Lipinski definition) is 5. The summed E-state index contributed by atoms with van der Waals surface area (Å²) in [5.41, 5.74) is 2.86. The molecule has 2 aromatic rings. The zero-order valence-electron chi connectivity index (χ0n) is 17.9. The maximum Gasteiger partial charge on any atom is 0.255 e. The number of amides is 2. The molecule has 4 rings (SSSR count). The lowest BCUT2D eigenvalue weighted by Gasteiger charge is -2.44. The molecule has 164 valence electrons. The second-order valence-corrected chi connectivity index (χ2v) is 9.82. The van der Waals surface area contributed by atoms with Crippen molar-refractivity contribution in [3.8, 4) is 0 Å². The third-order valence-electron chi connectivity index (χ3n) is 5.90. The van der Waals surface area contributed by atoms with Gasteiger partial charge in [0.05, 0.1) is 6.54 Å². The Bertz CT molecular complexity index is 923. The van der Waals surface area contributed by atoms with E-state index in [4.69, 9.17) is 4.74 Å². The first-order chi connectivity index (χ1) is 15.0. The molecule has 0 atom stereocenters. The number of anilines is 2. The number of rotatable bonds is 5. The number of carbonyl (C=O) groups is 2. The Kier molecular flexibility index (Phi) is 6.95. The molecule has 6 nitrogen and oxygen atoms in total. The highest BCUT2D eigenvalue weighted by Gasteiger charge is 2.38. The molecule has 2 heterocycles. The lowest BCUT2D eigenvalue weighted by molar-refractivity contribution is -0.117. The summed E-state index contributed by atoms with van der Waals surface area (Å²) in [7, 11) is 0. The molecule has 2 aliphatic heterocycles. The lowest BCUT2D eigenvalue weighted by atomic mass is 9.98. The number of nitrogens with zero attached hydrogens (tertiary/aromatic N) is 1. The van der Waals surface area contributed by atoms with E-state index >= 15 is 0 Å². The number of benzene rings is 2. The highest BCUT2D eigenvalue weighted by molar-refractivity contribution is 8.00. The van der Waals surface area contributed by atoms with Gasteiger partial charge in [-0.15, -0.1) is 0 Å². The van der Waals surface area contributed by atoms with Crippen LogP contribution in [-0.4, -0.2) is 60.1 Å². The third-order valence-corrected chi connectivity index (χ3v) is 7.44. The number of carbonyl (C=O) groups excluding carboxylic acids is 2. The average Bonchev–Trinajstić information content (AvgIpc) is 2.76. The fourth-order valence-corrected chi connectivity index (χ4v) is 5.63. The molecule has 0 unspecified atom stereocenters. The second-order valence-electron chi connectivity index (χ2n) is 8.25. The summed E-state index contributed by atoms with van der Waals surface area (Å²) >= 11 is 2.03. The van der Waals surface area contributed by atoms with Crippen LogP contribution >= 0.6 is 11.8 Å². The predicted molar refractivity (Wildman–Crippen MR) is 126 cm³/mol. The van der Waals surface area contributed by atoms with E-state index < -0.39 is 0 Å². The molecule has 0 radical (unpaired) electrons. The van der Waals surface area contributed by atoms with E-state index in [2.05, 4.69) is 15.5 Å². The van der Waals surface area contributed by atoms with Crippen LogP contribution in [0.4, 0.5) is 11.4 Å². The Balaban J connectivity index is 1.37. The summed E-state index contributed by atoms with van der Waals surface area (Å²) in [6.07, 6.45) is 2.10. The molecule has 7 heteroatoms. The van der Waals surface area contributed by atoms with Gasteiger partial charge in [-0.1, -0.05) is 24.3 Å². The zero-order valence-corrected chi connectivity index (χ0v) is 18.7. The summed E-state index contributed by atoms with van der Waals surface area (Å²) in [5, 5.41) is 5.90.